The summed E-state index contributed by atoms with van der Waals surface area (Å²) < 4.78 is 39.7. The van der Waals surface area contributed by atoms with Gasteiger partial charge in [0.2, 0.25) is 11.9 Å². The molecule has 2 aromatic rings. The van der Waals surface area contributed by atoms with Crippen LogP contribution in [0.15, 0.2) is 12.1 Å². The lowest BCUT2D eigenvalue weighted by molar-refractivity contribution is -0.117. The number of hydrogen-bond donors (Lipinski definition) is 3. The Morgan fingerprint density at radius 2 is 1.72 bits per heavy atom. The summed E-state index contributed by atoms with van der Waals surface area (Å²) in [6.45, 7) is 3.60. The number of benzene rings is 1. The molecule has 0 bridgehead atoms. The Bertz CT molecular complexity index is 956. The number of rotatable bonds is 4. The number of halogens is 3. The average molecular weight is 406 g/mol. The number of nitrogens with one attached hydrogen (secondary N) is 3. The number of likely N-dealkylation sites (N-methyl/N-ethyl adjacent to an activating group) is 1. The Morgan fingerprint density at radius 3 is 2.38 bits per heavy atom. The largest absolute Gasteiger partial charge is 0.382 e. The highest BCUT2D eigenvalue weighted by molar-refractivity contribution is 6.03. The number of anilines is 4. The standard InChI is InChI=1S/C19H21F3N6O/c1-8-16-17(28(3)9(2)18(29)26-16)27-19(23-8)25-11-4-10(5-11)24-12-6-13(20)15(22)14(21)7-12/h6-7,9-11,24H,4-5H2,1-3H3,(H,26,29)(H,23,25,27)/t9-,10-,11+/m0/s1. The van der Waals surface area contributed by atoms with Crippen molar-refractivity contribution in [2.24, 2.45) is 0 Å². The predicted octanol–water partition coefficient (Wildman–Crippen LogP) is 3.03. The number of aromatic nitrogens is 2. The molecule has 1 aliphatic heterocycles. The molecule has 2 heterocycles. The van der Waals surface area contributed by atoms with Gasteiger partial charge in [-0.05, 0) is 26.7 Å². The Morgan fingerprint density at radius 1 is 1.10 bits per heavy atom. The normalized spacial score (nSPS) is 23.2. The van der Waals surface area contributed by atoms with E-state index in [-0.39, 0.29) is 29.7 Å². The number of hydrogen-bond acceptors (Lipinski definition) is 6. The lowest BCUT2D eigenvalue weighted by Gasteiger charge is -2.37. The summed E-state index contributed by atoms with van der Waals surface area (Å²) in [5.74, 6) is -2.90. The van der Waals surface area contributed by atoms with E-state index in [1.54, 1.807) is 18.7 Å². The minimum absolute atomic E-state index is 0.00234. The third-order valence-corrected chi connectivity index (χ3v) is 5.44. The molecule has 7 nitrogen and oxygen atoms in total. The van der Waals surface area contributed by atoms with Crippen LogP contribution in [0.5, 0.6) is 0 Å². The van der Waals surface area contributed by atoms with Gasteiger partial charge in [0.1, 0.15) is 11.7 Å². The average Bonchev–Trinajstić information content (AvgIpc) is 2.63. The molecule has 3 N–H and O–H groups in total. The number of nitrogens with zero attached hydrogens (tertiary/aromatic N) is 3. The van der Waals surface area contributed by atoms with Gasteiger partial charge >= 0.3 is 0 Å². The molecule has 1 aliphatic carbocycles. The molecular formula is C19H21F3N6O. The number of amides is 1. The lowest BCUT2D eigenvalue weighted by Crippen LogP contribution is -2.46. The predicted molar refractivity (Wildman–Crippen MR) is 104 cm³/mol. The van der Waals surface area contributed by atoms with Gasteiger partial charge in [0, 0.05) is 37.0 Å². The second-order valence-electron chi connectivity index (χ2n) is 7.52. The summed E-state index contributed by atoms with van der Waals surface area (Å²) in [4.78, 5) is 22.7. The molecule has 1 saturated carbocycles. The molecule has 1 aromatic heterocycles. The fourth-order valence-corrected chi connectivity index (χ4v) is 3.52. The molecule has 29 heavy (non-hydrogen) atoms. The van der Waals surface area contributed by atoms with Crippen molar-refractivity contribution in [3.63, 3.8) is 0 Å². The maximum atomic E-state index is 13.3. The Labute approximate surface area is 165 Å². The first kappa shape index (κ1) is 19.3. The first-order chi connectivity index (χ1) is 13.7. The zero-order valence-electron chi connectivity index (χ0n) is 16.2. The van der Waals surface area contributed by atoms with Crippen LogP contribution < -0.4 is 20.9 Å². The zero-order chi connectivity index (χ0) is 20.9. The molecule has 1 aromatic carbocycles. The van der Waals surface area contributed by atoms with Crippen molar-refractivity contribution in [1.82, 2.24) is 9.97 Å². The Kier molecular flexibility index (Phi) is 4.71. The van der Waals surface area contributed by atoms with E-state index in [2.05, 4.69) is 25.9 Å². The summed E-state index contributed by atoms with van der Waals surface area (Å²) in [6, 6.07) is 1.64. The molecule has 4 rings (SSSR count). The fourth-order valence-electron chi connectivity index (χ4n) is 3.52. The maximum absolute atomic E-state index is 13.3. The van der Waals surface area contributed by atoms with Gasteiger partial charge in [0.05, 0.1) is 5.69 Å². The van der Waals surface area contributed by atoms with Crippen molar-refractivity contribution in [3.8, 4) is 0 Å². The van der Waals surface area contributed by atoms with Gasteiger partial charge < -0.3 is 20.9 Å². The van der Waals surface area contributed by atoms with Crippen molar-refractivity contribution in [2.45, 2.75) is 44.8 Å². The third kappa shape index (κ3) is 3.54. The van der Waals surface area contributed by atoms with Crippen molar-refractivity contribution < 1.29 is 18.0 Å². The summed E-state index contributed by atoms with van der Waals surface area (Å²) >= 11 is 0. The molecule has 154 valence electrons. The second kappa shape index (κ2) is 7.09. The molecular weight excluding hydrogens is 385 g/mol. The van der Waals surface area contributed by atoms with Gasteiger partial charge in [0.25, 0.3) is 0 Å². The van der Waals surface area contributed by atoms with E-state index in [0.29, 0.717) is 36.0 Å². The highest BCUT2D eigenvalue weighted by Crippen LogP contribution is 2.33. The van der Waals surface area contributed by atoms with Crippen LogP contribution in [0.25, 0.3) is 0 Å². The molecule has 1 fully saturated rings. The van der Waals surface area contributed by atoms with Crippen LogP contribution in [0, 0.1) is 24.4 Å². The zero-order valence-corrected chi connectivity index (χ0v) is 16.2. The first-order valence-corrected chi connectivity index (χ1v) is 9.33. The highest BCUT2D eigenvalue weighted by atomic mass is 19.2. The van der Waals surface area contributed by atoms with E-state index in [1.165, 1.54) is 0 Å². The van der Waals surface area contributed by atoms with E-state index in [9.17, 15) is 18.0 Å². The number of fused-ring (bicyclic) bond motifs is 1. The van der Waals surface area contributed by atoms with Crippen molar-refractivity contribution in [2.75, 3.05) is 27.9 Å². The summed E-state index contributed by atoms with van der Waals surface area (Å²) in [5, 5.41) is 9.09. The van der Waals surface area contributed by atoms with Crippen LogP contribution >= 0.6 is 0 Å². The highest BCUT2D eigenvalue weighted by Gasteiger charge is 2.33. The first-order valence-electron chi connectivity index (χ1n) is 9.33. The summed E-state index contributed by atoms with van der Waals surface area (Å²) in [5.41, 5.74) is 1.47. The molecule has 10 heteroatoms. The number of carbonyl (C=O) groups is 1. The molecule has 0 spiro atoms. The SMILES string of the molecule is Cc1nc(N[C@H]2C[C@@H](Nc3cc(F)c(F)c(F)c3)C2)nc2c1NC(=O)[C@H](C)N2C. The molecule has 1 amide bonds. The maximum Gasteiger partial charge on any atom is 0.246 e. The minimum Gasteiger partial charge on any atom is -0.382 e. The monoisotopic (exact) mass is 406 g/mol. The van der Waals surface area contributed by atoms with Crippen LogP contribution in [-0.2, 0) is 4.79 Å². The van der Waals surface area contributed by atoms with E-state index in [1.807, 2.05) is 7.05 Å². The topological polar surface area (TPSA) is 82.2 Å². The smallest absolute Gasteiger partial charge is 0.246 e. The van der Waals surface area contributed by atoms with Gasteiger partial charge in [-0.1, -0.05) is 0 Å². The van der Waals surface area contributed by atoms with Crippen LogP contribution in [0.3, 0.4) is 0 Å². The van der Waals surface area contributed by atoms with Crippen molar-refractivity contribution >= 4 is 29.0 Å². The van der Waals surface area contributed by atoms with Crippen LogP contribution in [-0.4, -0.2) is 41.0 Å². The van der Waals surface area contributed by atoms with E-state index < -0.39 is 17.5 Å². The molecule has 0 unspecified atom stereocenters. The van der Waals surface area contributed by atoms with Gasteiger partial charge in [0.15, 0.2) is 23.3 Å². The van der Waals surface area contributed by atoms with Gasteiger partial charge in [-0.25, -0.2) is 18.2 Å². The lowest BCUT2D eigenvalue weighted by atomic mass is 9.86. The van der Waals surface area contributed by atoms with Gasteiger partial charge in [-0.2, -0.15) is 4.98 Å². The Hall–Kier alpha value is -3.04. The van der Waals surface area contributed by atoms with E-state index in [4.69, 9.17) is 0 Å². The van der Waals surface area contributed by atoms with Crippen LogP contribution in [0.4, 0.5) is 36.3 Å². The summed E-state index contributed by atoms with van der Waals surface area (Å²) in [7, 11) is 1.81. The van der Waals surface area contributed by atoms with Crippen LogP contribution in [0.1, 0.15) is 25.5 Å². The van der Waals surface area contributed by atoms with Gasteiger partial charge in [-0.3, -0.25) is 4.79 Å². The van der Waals surface area contributed by atoms with Crippen molar-refractivity contribution in [1.29, 1.82) is 0 Å². The van der Waals surface area contributed by atoms with E-state index in [0.717, 1.165) is 12.1 Å². The molecule has 0 radical (unpaired) electrons. The quantitative estimate of drug-likeness (QED) is 0.678. The molecule has 1 atom stereocenters. The van der Waals surface area contributed by atoms with Crippen molar-refractivity contribution in [3.05, 3.63) is 35.3 Å². The van der Waals surface area contributed by atoms with Crippen LogP contribution in [0.2, 0.25) is 0 Å². The minimum atomic E-state index is -1.47. The van der Waals surface area contributed by atoms with Gasteiger partial charge in [-0.15, -0.1) is 0 Å². The van der Waals surface area contributed by atoms with E-state index >= 15 is 0 Å². The Balaban J connectivity index is 1.40. The summed E-state index contributed by atoms with van der Waals surface area (Å²) in [6.07, 6.45) is 1.37. The third-order valence-electron chi connectivity index (χ3n) is 5.44. The number of aryl methyl sites for hydroxylation is 1. The molecule has 2 aliphatic rings. The molecule has 0 saturated heterocycles. The fraction of sp³-hybridized carbons (Fsp3) is 0.421. The second-order valence-corrected chi connectivity index (χ2v) is 7.52. The number of carbonyl (C=O) groups excluding carboxylic acids is 1.